The van der Waals surface area contributed by atoms with Crippen molar-refractivity contribution in [3.8, 4) is 11.3 Å². The van der Waals surface area contributed by atoms with Gasteiger partial charge in [0.05, 0.1) is 22.4 Å². The summed E-state index contributed by atoms with van der Waals surface area (Å²) in [5, 5.41) is 27.6. The van der Waals surface area contributed by atoms with E-state index < -0.39 is 10.9 Å². The molecule has 8 heteroatoms. The summed E-state index contributed by atoms with van der Waals surface area (Å²) in [5.74, 6) is -1.22. The second kappa shape index (κ2) is 5.47. The Hall–Kier alpha value is -2.77. The number of carboxylic acids is 1. The first-order chi connectivity index (χ1) is 9.52. The van der Waals surface area contributed by atoms with Crippen LogP contribution in [0, 0.1) is 10.1 Å². The van der Waals surface area contributed by atoms with E-state index in [-0.39, 0.29) is 11.3 Å². The van der Waals surface area contributed by atoms with Gasteiger partial charge in [-0.25, -0.2) is 9.48 Å². The van der Waals surface area contributed by atoms with Gasteiger partial charge in [0, 0.05) is 24.2 Å². The summed E-state index contributed by atoms with van der Waals surface area (Å²) in [5.41, 5.74) is 0.552. The standard InChI is InChI=1S/C12H12N4O4/c1-2-3-15-11(7-13-14-15)8-4-9(12(17)18)6-10(5-8)16(19)20/h4-7H,2-3H2,1H3,(H,17,18). The molecule has 1 heterocycles. The second-order valence-corrected chi connectivity index (χ2v) is 4.17. The summed E-state index contributed by atoms with van der Waals surface area (Å²) in [7, 11) is 0. The molecule has 2 aromatic rings. The monoisotopic (exact) mass is 276 g/mol. The molecular weight excluding hydrogens is 264 g/mol. The fourth-order valence-corrected chi connectivity index (χ4v) is 1.85. The van der Waals surface area contributed by atoms with Gasteiger partial charge >= 0.3 is 5.97 Å². The van der Waals surface area contributed by atoms with Crippen LogP contribution in [0.1, 0.15) is 23.7 Å². The third-order valence-electron chi connectivity index (χ3n) is 2.72. The Kier molecular flexibility index (Phi) is 3.74. The van der Waals surface area contributed by atoms with Crippen molar-refractivity contribution in [2.75, 3.05) is 0 Å². The van der Waals surface area contributed by atoms with Crippen molar-refractivity contribution in [3.05, 3.63) is 40.1 Å². The highest BCUT2D eigenvalue weighted by Crippen LogP contribution is 2.25. The molecule has 0 aliphatic carbocycles. The Morgan fingerprint density at radius 1 is 1.45 bits per heavy atom. The molecule has 0 spiro atoms. The van der Waals surface area contributed by atoms with Crippen LogP contribution in [0.15, 0.2) is 24.4 Å². The molecule has 0 atom stereocenters. The first kappa shape index (κ1) is 13.7. The SMILES string of the molecule is CCCn1nncc1-c1cc(C(=O)O)cc([N+](=O)[O-])c1. The molecule has 20 heavy (non-hydrogen) atoms. The maximum atomic E-state index is 11.0. The quantitative estimate of drug-likeness (QED) is 0.660. The van der Waals surface area contributed by atoms with E-state index in [1.807, 2.05) is 6.92 Å². The third-order valence-corrected chi connectivity index (χ3v) is 2.72. The van der Waals surface area contributed by atoms with Gasteiger partial charge in [0.1, 0.15) is 0 Å². The van der Waals surface area contributed by atoms with Gasteiger partial charge in [0.15, 0.2) is 0 Å². The number of non-ortho nitro benzene ring substituents is 1. The molecule has 8 nitrogen and oxygen atoms in total. The van der Waals surface area contributed by atoms with Gasteiger partial charge in [-0.15, -0.1) is 5.10 Å². The number of benzene rings is 1. The van der Waals surface area contributed by atoms with E-state index >= 15 is 0 Å². The highest BCUT2D eigenvalue weighted by atomic mass is 16.6. The number of hydrogen-bond acceptors (Lipinski definition) is 5. The Bertz CT molecular complexity index is 633. The number of carboxylic acid groups (broad SMARTS) is 1. The molecular formula is C12H12N4O4. The minimum Gasteiger partial charge on any atom is -0.478 e. The van der Waals surface area contributed by atoms with E-state index in [1.54, 1.807) is 4.68 Å². The smallest absolute Gasteiger partial charge is 0.335 e. The Morgan fingerprint density at radius 3 is 2.80 bits per heavy atom. The van der Waals surface area contributed by atoms with Crippen molar-refractivity contribution in [2.24, 2.45) is 0 Å². The number of carbonyl (C=O) groups is 1. The molecule has 104 valence electrons. The van der Waals surface area contributed by atoms with E-state index in [0.717, 1.165) is 12.5 Å². The predicted molar refractivity (Wildman–Crippen MR) is 69.4 cm³/mol. The average molecular weight is 276 g/mol. The number of nitrogens with zero attached hydrogens (tertiary/aromatic N) is 4. The van der Waals surface area contributed by atoms with Gasteiger partial charge in [-0.2, -0.15) is 0 Å². The van der Waals surface area contributed by atoms with Gasteiger partial charge in [0.2, 0.25) is 0 Å². The lowest BCUT2D eigenvalue weighted by Crippen LogP contribution is -2.03. The van der Waals surface area contributed by atoms with Crippen LogP contribution in [-0.2, 0) is 6.54 Å². The number of nitro groups is 1. The van der Waals surface area contributed by atoms with E-state index in [4.69, 9.17) is 5.11 Å². The molecule has 0 saturated heterocycles. The Balaban J connectivity index is 2.57. The molecule has 1 aromatic heterocycles. The Labute approximate surface area is 113 Å². The van der Waals surface area contributed by atoms with Crippen molar-refractivity contribution >= 4 is 11.7 Å². The van der Waals surface area contributed by atoms with Gasteiger partial charge in [-0.1, -0.05) is 12.1 Å². The largest absolute Gasteiger partial charge is 0.478 e. The zero-order valence-electron chi connectivity index (χ0n) is 10.7. The molecule has 0 amide bonds. The number of aryl methyl sites for hydroxylation is 1. The predicted octanol–water partition coefficient (Wildman–Crippen LogP) is 1.96. The van der Waals surface area contributed by atoms with Crippen molar-refractivity contribution in [1.82, 2.24) is 15.0 Å². The van der Waals surface area contributed by atoms with Crippen LogP contribution in [0.25, 0.3) is 11.3 Å². The fraction of sp³-hybridized carbons (Fsp3) is 0.250. The van der Waals surface area contributed by atoms with Gasteiger partial charge in [-0.05, 0) is 12.5 Å². The molecule has 0 saturated carbocycles. The summed E-state index contributed by atoms with van der Waals surface area (Å²) >= 11 is 0. The lowest BCUT2D eigenvalue weighted by Gasteiger charge is -2.06. The zero-order valence-corrected chi connectivity index (χ0v) is 10.7. The highest BCUT2D eigenvalue weighted by Gasteiger charge is 2.16. The second-order valence-electron chi connectivity index (χ2n) is 4.17. The van der Waals surface area contributed by atoms with Crippen LogP contribution in [0.3, 0.4) is 0 Å². The molecule has 0 aliphatic rings. The van der Waals surface area contributed by atoms with Crippen LogP contribution >= 0.6 is 0 Å². The lowest BCUT2D eigenvalue weighted by atomic mass is 10.1. The van der Waals surface area contributed by atoms with Crippen LogP contribution in [0.4, 0.5) is 5.69 Å². The first-order valence-electron chi connectivity index (χ1n) is 5.94. The molecule has 0 radical (unpaired) electrons. The number of aromatic nitrogens is 3. The van der Waals surface area contributed by atoms with Gasteiger partial charge < -0.3 is 5.11 Å². The summed E-state index contributed by atoms with van der Waals surface area (Å²) < 4.78 is 1.59. The minimum absolute atomic E-state index is 0.140. The van der Waals surface area contributed by atoms with E-state index in [9.17, 15) is 14.9 Å². The lowest BCUT2D eigenvalue weighted by molar-refractivity contribution is -0.384. The van der Waals surface area contributed by atoms with Crippen molar-refractivity contribution < 1.29 is 14.8 Å². The molecule has 1 N–H and O–H groups in total. The van der Waals surface area contributed by atoms with Crippen molar-refractivity contribution in [2.45, 2.75) is 19.9 Å². The van der Waals surface area contributed by atoms with Gasteiger partial charge in [0.25, 0.3) is 5.69 Å². The maximum absolute atomic E-state index is 11.0. The molecule has 0 bridgehead atoms. The fourth-order valence-electron chi connectivity index (χ4n) is 1.85. The molecule has 0 aliphatic heterocycles. The Morgan fingerprint density at radius 2 is 2.20 bits per heavy atom. The number of nitro benzene ring substituents is 1. The summed E-state index contributed by atoms with van der Waals surface area (Å²) in [6.45, 7) is 2.56. The van der Waals surface area contributed by atoms with E-state index in [2.05, 4.69) is 10.3 Å². The summed E-state index contributed by atoms with van der Waals surface area (Å²) in [6.07, 6.45) is 2.28. The van der Waals surface area contributed by atoms with Crippen LogP contribution in [0.5, 0.6) is 0 Å². The number of hydrogen-bond donors (Lipinski definition) is 1. The van der Waals surface area contributed by atoms with E-state index in [0.29, 0.717) is 17.8 Å². The minimum atomic E-state index is -1.22. The molecule has 2 rings (SSSR count). The normalized spacial score (nSPS) is 10.4. The van der Waals surface area contributed by atoms with Crippen LogP contribution in [-0.4, -0.2) is 31.0 Å². The number of aromatic carboxylic acids is 1. The van der Waals surface area contributed by atoms with Gasteiger partial charge in [-0.3, -0.25) is 10.1 Å². The number of rotatable bonds is 5. The van der Waals surface area contributed by atoms with E-state index in [1.165, 1.54) is 18.3 Å². The summed E-state index contributed by atoms with van der Waals surface area (Å²) in [4.78, 5) is 21.3. The molecule has 1 aromatic carbocycles. The summed E-state index contributed by atoms with van der Waals surface area (Å²) in [6, 6.07) is 3.72. The maximum Gasteiger partial charge on any atom is 0.335 e. The third kappa shape index (κ3) is 2.63. The highest BCUT2D eigenvalue weighted by molar-refractivity contribution is 5.90. The average Bonchev–Trinajstić information content (AvgIpc) is 2.86. The zero-order chi connectivity index (χ0) is 14.7. The van der Waals surface area contributed by atoms with Crippen LogP contribution < -0.4 is 0 Å². The van der Waals surface area contributed by atoms with Crippen molar-refractivity contribution in [3.63, 3.8) is 0 Å². The molecule has 0 fully saturated rings. The van der Waals surface area contributed by atoms with Crippen LogP contribution in [0.2, 0.25) is 0 Å². The first-order valence-corrected chi connectivity index (χ1v) is 5.94. The molecule has 0 unspecified atom stereocenters. The van der Waals surface area contributed by atoms with Crippen molar-refractivity contribution in [1.29, 1.82) is 0 Å². The topological polar surface area (TPSA) is 111 Å².